The summed E-state index contributed by atoms with van der Waals surface area (Å²) in [5.41, 5.74) is 0.196. The van der Waals surface area contributed by atoms with E-state index in [0.717, 1.165) is 0 Å². The Morgan fingerprint density at radius 1 is 1.35 bits per heavy atom. The second-order valence-corrected chi connectivity index (χ2v) is 5.94. The number of alkyl halides is 4. The first-order chi connectivity index (χ1) is 12.2. The van der Waals surface area contributed by atoms with Gasteiger partial charge in [-0.3, -0.25) is 9.78 Å². The van der Waals surface area contributed by atoms with Crippen molar-refractivity contribution < 1.29 is 22.4 Å². The number of rotatable bonds is 4. The van der Waals surface area contributed by atoms with Crippen molar-refractivity contribution in [3.8, 4) is 0 Å². The maximum absolute atomic E-state index is 13.2. The van der Waals surface area contributed by atoms with Crippen LogP contribution in [0.5, 0.6) is 0 Å². The number of nitrogens with zero attached hydrogens (tertiary/aromatic N) is 3. The van der Waals surface area contributed by atoms with Gasteiger partial charge in [0.2, 0.25) is 0 Å². The van der Waals surface area contributed by atoms with Crippen LogP contribution in [-0.4, -0.2) is 41.8 Å². The van der Waals surface area contributed by atoms with E-state index in [0.29, 0.717) is 11.8 Å². The zero-order chi connectivity index (χ0) is 19.1. The summed E-state index contributed by atoms with van der Waals surface area (Å²) in [6.45, 7) is 0.976. The van der Waals surface area contributed by atoms with Gasteiger partial charge in [-0.25, -0.2) is 9.37 Å². The lowest BCUT2D eigenvalue weighted by atomic mass is 10.0. The molecule has 2 aromatic rings. The Kier molecular flexibility index (Phi) is 4.60. The van der Waals surface area contributed by atoms with Crippen LogP contribution in [0.3, 0.4) is 0 Å². The molecule has 0 saturated carbocycles. The smallest absolute Gasteiger partial charge is 0.339 e. The van der Waals surface area contributed by atoms with Crippen LogP contribution in [0.15, 0.2) is 24.4 Å². The molecule has 0 radical (unpaired) electrons. The first-order valence-electron chi connectivity index (χ1n) is 7.91. The second-order valence-electron chi connectivity index (χ2n) is 5.94. The molecule has 0 bridgehead atoms. The normalized spacial score (nSPS) is 16.7. The van der Waals surface area contributed by atoms with E-state index in [1.165, 1.54) is 18.8 Å². The highest BCUT2D eigenvalue weighted by atomic mass is 19.4. The van der Waals surface area contributed by atoms with Crippen LogP contribution < -0.4 is 11.0 Å². The van der Waals surface area contributed by atoms with E-state index in [1.807, 2.05) is 0 Å². The molecule has 1 aliphatic rings. The highest BCUT2D eigenvalue weighted by Gasteiger charge is 2.38. The number of halogens is 4. The summed E-state index contributed by atoms with van der Waals surface area (Å²) in [5.74, 6) is -0.851. The molecule has 2 heterocycles. The lowest BCUT2D eigenvalue weighted by molar-refractivity contribution is -0.137. The van der Waals surface area contributed by atoms with E-state index in [1.54, 1.807) is 19.1 Å². The number of carbonyl (C=O) groups is 1. The topological polar surface area (TPSA) is 58.1 Å². The van der Waals surface area contributed by atoms with Gasteiger partial charge in [-0.2, -0.15) is 13.2 Å². The van der Waals surface area contributed by atoms with Crippen LogP contribution in [-0.2, 0) is 6.18 Å². The SMILES string of the molecule is Bc1ncc(C(F)(F)F)c(Nc2cccc3c2C(=O)N(CCF)C3C)n1. The summed E-state index contributed by atoms with van der Waals surface area (Å²) in [6.07, 6.45) is -3.95. The minimum atomic E-state index is -4.65. The largest absolute Gasteiger partial charge is 0.421 e. The molecular weight excluding hydrogens is 351 g/mol. The van der Waals surface area contributed by atoms with Gasteiger partial charge in [-0.05, 0) is 18.6 Å². The zero-order valence-electron chi connectivity index (χ0n) is 14.1. The second kappa shape index (κ2) is 6.58. The highest BCUT2D eigenvalue weighted by molar-refractivity contribution is 6.29. The molecular formula is C16H15BF4N4O. The number of nitrogens with one attached hydrogen (secondary N) is 1. The van der Waals surface area contributed by atoms with E-state index in [2.05, 4.69) is 15.3 Å². The fourth-order valence-corrected chi connectivity index (χ4v) is 3.04. The third-order valence-corrected chi connectivity index (χ3v) is 4.28. The fraction of sp³-hybridized carbons (Fsp3) is 0.312. The Morgan fingerprint density at radius 3 is 2.73 bits per heavy atom. The molecule has 1 atom stereocenters. The van der Waals surface area contributed by atoms with Crippen LogP contribution in [0.1, 0.15) is 34.5 Å². The number of hydrogen-bond donors (Lipinski definition) is 1. The van der Waals surface area contributed by atoms with Gasteiger partial charge >= 0.3 is 6.18 Å². The monoisotopic (exact) mass is 366 g/mol. The molecule has 1 aromatic carbocycles. The first kappa shape index (κ1) is 18.2. The zero-order valence-corrected chi connectivity index (χ0v) is 14.1. The van der Waals surface area contributed by atoms with Crippen LogP contribution >= 0.6 is 0 Å². The molecule has 0 aliphatic carbocycles. The van der Waals surface area contributed by atoms with Crippen molar-refractivity contribution in [2.24, 2.45) is 0 Å². The number of fused-ring (bicyclic) bond motifs is 1. The van der Waals surface area contributed by atoms with Gasteiger partial charge in [0, 0.05) is 12.7 Å². The van der Waals surface area contributed by atoms with Crippen molar-refractivity contribution in [2.45, 2.75) is 19.1 Å². The van der Waals surface area contributed by atoms with Gasteiger partial charge in [-0.1, -0.05) is 12.1 Å². The number of anilines is 2. The third kappa shape index (κ3) is 3.11. The molecule has 10 heteroatoms. The van der Waals surface area contributed by atoms with Crippen molar-refractivity contribution in [1.29, 1.82) is 0 Å². The minimum absolute atomic E-state index is 0.0749. The summed E-state index contributed by atoms with van der Waals surface area (Å²) in [4.78, 5) is 21.4. The molecule has 1 amide bonds. The molecule has 0 saturated heterocycles. The van der Waals surface area contributed by atoms with Gasteiger partial charge in [0.1, 0.15) is 18.1 Å². The molecule has 1 unspecified atom stereocenters. The van der Waals surface area contributed by atoms with Crippen molar-refractivity contribution in [3.05, 3.63) is 41.1 Å². The Balaban J connectivity index is 2.05. The lowest BCUT2D eigenvalue weighted by Crippen LogP contribution is -2.29. The maximum Gasteiger partial charge on any atom is 0.421 e. The fourth-order valence-electron chi connectivity index (χ4n) is 3.04. The molecule has 3 rings (SSSR count). The molecule has 1 aromatic heterocycles. The van der Waals surface area contributed by atoms with Crippen molar-refractivity contribution in [1.82, 2.24) is 14.9 Å². The number of carbonyl (C=O) groups excluding carboxylic acids is 1. The summed E-state index contributed by atoms with van der Waals surface area (Å²) < 4.78 is 52.4. The number of hydrogen-bond acceptors (Lipinski definition) is 4. The molecule has 26 heavy (non-hydrogen) atoms. The van der Waals surface area contributed by atoms with Crippen LogP contribution in [0.4, 0.5) is 29.1 Å². The van der Waals surface area contributed by atoms with E-state index in [4.69, 9.17) is 0 Å². The Morgan fingerprint density at radius 2 is 2.08 bits per heavy atom. The minimum Gasteiger partial charge on any atom is -0.339 e. The van der Waals surface area contributed by atoms with Gasteiger partial charge in [-0.15, -0.1) is 0 Å². The van der Waals surface area contributed by atoms with E-state index >= 15 is 0 Å². The van der Waals surface area contributed by atoms with Crippen LogP contribution in [0.25, 0.3) is 0 Å². The van der Waals surface area contributed by atoms with E-state index in [-0.39, 0.29) is 29.6 Å². The lowest BCUT2D eigenvalue weighted by Gasteiger charge is -2.20. The van der Waals surface area contributed by atoms with Gasteiger partial charge in [0.15, 0.2) is 7.85 Å². The Labute approximate surface area is 147 Å². The van der Waals surface area contributed by atoms with Crippen LogP contribution in [0, 0.1) is 0 Å². The van der Waals surface area contributed by atoms with Crippen molar-refractivity contribution in [3.63, 3.8) is 0 Å². The van der Waals surface area contributed by atoms with Gasteiger partial charge < -0.3 is 10.2 Å². The summed E-state index contributed by atoms with van der Waals surface area (Å²) in [6, 6.07) is 4.48. The average Bonchev–Trinajstić information content (AvgIpc) is 2.80. The van der Waals surface area contributed by atoms with Crippen LogP contribution in [0.2, 0.25) is 0 Å². The number of amides is 1. The summed E-state index contributed by atoms with van der Waals surface area (Å²) in [7, 11) is 1.47. The molecule has 0 spiro atoms. The Hall–Kier alpha value is -2.65. The predicted octanol–water partition coefficient (Wildman–Crippen LogP) is 1.98. The quantitative estimate of drug-likeness (QED) is 0.664. The van der Waals surface area contributed by atoms with Gasteiger partial charge in [0.25, 0.3) is 5.91 Å². The molecule has 1 N–H and O–H groups in total. The van der Waals surface area contributed by atoms with E-state index in [9.17, 15) is 22.4 Å². The summed E-state index contributed by atoms with van der Waals surface area (Å²) >= 11 is 0. The average molecular weight is 366 g/mol. The molecule has 136 valence electrons. The van der Waals surface area contributed by atoms with Gasteiger partial charge in [0.05, 0.1) is 23.0 Å². The summed E-state index contributed by atoms with van der Waals surface area (Å²) in [5, 5.41) is 2.62. The molecule has 5 nitrogen and oxygen atoms in total. The Bertz CT molecular complexity index is 859. The van der Waals surface area contributed by atoms with E-state index < -0.39 is 30.1 Å². The number of benzene rings is 1. The first-order valence-corrected chi connectivity index (χ1v) is 7.91. The number of aromatic nitrogens is 2. The highest BCUT2D eigenvalue weighted by Crippen LogP contribution is 2.39. The molecule has 1 aliphatic heterocycles. The van der Waals surface area contributed by atoms with Crippen molar-refractivity contribution >= 4 is 31.0 Å². The predicted molar refractivity (Wildman–Crippen MR) is 90.4 cm³/mol. The maximum atomic E-state index is 13.2. The van der Waals surface area contributed by atoms with Crippen molar-refractivity contribution in [2.75, 3.05) is 18.5 Å². The standard InChI is InChI=1S/C16H15BF4N4O/c1-8-9-3-2-4-11(12(9)14(26)25(8)6-5-18)23-13-10(16(19,20)21)7-22-15(17)24-13/h2-4,7-8H,5-6,17H2,1H3,(H,22,23,24). The third-order valence-electron chi connectivity index (χ3n) is 4.28. The molecule has 0 fully saturated rings.